The van der Waals surface area contributed by atoms with Crippen LogP contribution in [0, 0.1) is 0 Å². The third-order valence-electron chi connectivity index (χ3n) is 1.10. The quantitative estimate of drug-likeness (QED) is 0.571. The van der Waals surface area contributed by atoms with Crippen LogP contribution in [0.15, 0.2) is 46.4 Å². The summed E-state index contributed by atoms with van der Waals surface area (Å²) in [5, 5.41) is 0. The van der Waals surface area contributed by atoms with Crippen molar-refractivity contribution in [3.8, 4) is 0 Å². The number of carbonyl (C=O) groups excluding carboxylic acids is 1. The number of nitrogens with zero attached hydrogens (tertiary/aromatic N) is 2. The van der Waals surface area contributed by atoms with E-state index in [2.05, 4.69) is 9.98 Å². The van der Waals surface area contributed by atoms with Gasteiger partial charge in [0.2, 0.25) is 0 Å². The summed E-state index contributed by atoms with van der Waals surface area (Å²) in [5.41, 5.74) is 0. The lowest BCUT2D eigenvalue weighted by Gasteiger charge is -1.69. The van der Waals surface area contributed by atoms with Gasteiger partial charge in [-0.2, -0.15) is 9.98 Å². The lowest BCUT2D eigenvalue weighted by Crippen LogP contribution is -1.70. The molecule has 0 radical (unpaired) electrons. The molecule has 0 aromatic heterocycles. The monoisotopic (exact) mass is 160 g/mol. The molecule has 2 rings (SSSR count). The number of urea groups is 1. The molecule has 0 bridgehead atoms. The summed E-state index contributed by atoms with van der Waals surface area (Å²) in [6, 6.07) is 11.6. The van der Waals surface area contributed by atoms with Crippen molar-refractivity contribution in [2.45, 2.75) is 0 Å². The van der Waals surface area contributed by atoms with Crippen LogP contribution in [0.4, 0.5) is 4.79 Å². The van der Waals surface area contributed by atoms with Crippen molar-refractivity contribution < 1.29 is 4.79 Å². The number of aliphatic imine (C=N–C) groups is 2. The van der Waals surface area contributed by atoms with E-state index in [0.717, 1.165) is 0 Å². The zero-order valence-electron chi connectivity index (χ0n) is 6.42. The molecule has 2 amide bonds. The minimum Gasteiger partial charge on any atom is -0.244 e. The zero-order valence-corrected chi connectivity index (χ0v) is 6.42. The Hall–Kier alpha value is -1.77. The first-order valence-corrected chi connectivity index (χ1v) is 3.50. The largest absolute Gasteiger partial charge is 0.367 e. The Morgan fingerprint density at radius 3 is 1.25 bits per heavy atom. The van der Waals surface area contributed by atoms with Crippen LogP contribution < -0.4 is 0 Å². The fraction of sp³-hybridized carbons (Fsp3) is 0. The smallest absolute Gasteiger partial charge is 0.244 e. The van der Waals surface area contributed by atoms with Crippen molar-refractivity contribution in [3.63, 3.8) is 0 Å². The Labute approximate surface area is 70.5 Å². The molecular weight excluding hydrogens is 152 g/mol. The molecule has 0 fully saturated rings. The average Bonchev–Trinajstić information content (AvgIpc) is 2.60. The molecule has 1 aliphatic heterocycles. The maximum absolute atomic E-state index is 9.85. The molecular formula is C9H8N2O. The van der Waals surface area contributed by atoms with Crippen LogP contribution in [0.2, 0.25) is 0 Å². The molecule has 12 heavy (non-hydrogen) atoms. The number of hydrogen-bond acceptors (Lipinski definition) is 1. The number of benzene rings is 1. The third kappa shape index (κ3) is 3.41. The first kappa shape index (κ1) is 8.33. The molecule has 0 aliphatic carbocycles. The molecule has 1 heterocycles. The summed E-state index contributed by atoms with van der Waals surface area (Å²) >= 11 is 0. The first-order valence-electron chi connectivity index (χ1n) is 3.50. The Kier molecular flexibility index (Phi) is 3.44. The predicted molar refractivity (Wildman–Crippen MR) is 48.8 cm³/mol. The van der Waals surface area contributed by atoms with Gasteiger partial charge in [-0.25, -0.2) is 4.79 Å². The molecule has 0 N–H and O–H groups in total. The minimum atomic E-state index is -0.407. The Morgan fingerprint density at radius 2 is 1.08 bits per heavy atom. The lowest BCUT2D eigenvalue weighted by molar-refractivity contribution is 0.257. The molecule has 3 heteroatoms. The second-order valence-corrected chi connectivity index (χ2v) is 1.99. The van der Waals surface area contributed by atoms with E-state index in [0.29, 0.717) is 0 Å². The van der Waals surface area contributed by atoms with E-state index in [1.807, 2.05) is 36.4 Å². The van der Waals surface area contributed by atoms with Gasteiger partial charge in [0, 0.05) is 0 Å². The normalized spacial score (nSPS) is 12.5. The molecule has 0 spiro atoms. The van der Waals surface area contributed by atoms with E-state index in [9.17, 15) is 4.79 Å². The Balaban J connectivity index is 0.000000120. The van der Waals surface area contributed by atoms with Crippen LogP contribution in [-0.4, -0.2) is 18.5 Å². The van der Waals surface area contributed by atoms with Crippen LogP contribution in [-0.2, 0) is 0 Å². The van der Waals surface area contributed by atoms with Gasteiger partial charge in [-0.05, 0) is 0 Å². The average molecular weight is 160 g/mol. The highest BCUT2D eigenvalue weighted by molar-refractivity contribution is 6.25. The summed E-state index contributed by atoms with van der Waals surface area (Å²) in [6.07, 6.45) is 2.73. The summed E-state index contributed by atoms with van der Waals surface area (Å²) in [4.78, 5) is 16.3. The van der Waals surface area contributed by atoms with Crippen LogP contribution >= 0.6 is 0 Å². The van der Waals surface area contributed by atoms with Gasteiger partial charge in [0.1, 0.15) is 0 Å². The van der Waals surface area contributed by atoms with Crippen molar-refractivity contribution >= 4 is 18.5 Å². The fourth-order valence-electron chi connectivity index (χ4n) is 0.612. The molecule has 0 saturated carbocycles. The molecule has 0 unspecified atom stereocenters. The van der Waals surface area contributed by atoms with Gasteiger partial charge in [0.15, 0.2) is 0 Å². The number of amides is 2. The highest BCUT2D eigenvalue weighted by Gasteiger charge is 1.91. The maximum atomic E-state index is 9.85. The van der Waals surface area contributed by atoms with Crippen molar-refractivity contribution in [2.24, 2.45) is 9.98 Å². The minimum absolute atomic E-state index is 0.407. The van der Waals surface area contributed by atoms with Crippen molar-refractivity contribution in [1.29, 1.82) is 0 Å². The van der Waals surface area contributed by atoms with E-state index < -0.39 is 6.03 Å². The second-order valence-electron chi connectivity index (χ2n) is 1.99. The molecule has 60 valence electrons. The zero-order chi connectivity index (χ0) is 8.65. The summed E-state index contributed by atoms with van der Waals surface area (Å²) in [5.74, 6) is 0. The topological polar surface area (TPSA) is 41.8 Å². The number of carbonyl (C=O) groups is 1. The van der Waals surface area contributed by atoms with E-state index in [1.54, 1.807) is 0 Å². The van der Waals surface area contributed by atoms with Gasteiger partial charge in [-0.1, -0.05) is 36.4 Å². The Bertz CT molecular complexity index is 250. The SMILES string of the molecule is O=C1N=CC=N1.c1ccccc1. The van der Waals surface area contributed by atoms with Gasteiger partial charge in [0.05, 0.1) is 12.4 Å². The first-order chi connectivity index (χ1) is 5.89. The van der Waals surface area contributed by atoms with E-state index in [-0.39, 0.29) is 0 Å². The molecule has 1 aromatic carbocycles. The van der Waals surface area contributed by atoms with Crippen LogP contribution in [0.25, 0.3) is 0 Å². The van der Waals surface area contributed by atoms with Gasteiger partial charge in [-0.15, -0.1) is 0 Å². The Morgan fingerprint density at radius 1 is 0.750 bits per heavy atom. The van der Waals surface area contributed by atoms with Crippen molar-refractivity contribution in [2.75, 3.05) is 0 Å². The van der Waals surface area contributed by atoms with Crippen LogP contribution in [0.3, 0.4) is 0 Å². The van der Waals surface area contributed by atoms with Crippen LogP contribution in [0.5, 0.6) is 0 Å². The number of hydrogen-bond donors (Lipinski definition) is 0. The fourth-order valence-corrected chi connectivity index (χ4v) is 0.612. The summed E-state index contributed by atoms with van der Waals surface area (Å²) in [6.45, 7) is 0. The van der Waals surface area contributed by atoms with E-state index in [1.165, 1.54) is 12.4 Å². The predicted octanol–water partition coefficient (Wildman–Crippen LogP) is 1.95. The van der Waals surface area contributed by atoms with Gasteiger partial charge in [0.25, 0.3) is 0 Å². The van der Waals surface area contributed by atoms with Crippen molar-refractivity contribution in [3.05, 3.63) is 36.4 Å². The lowest BCUT2D eigenvalue weighted by atomic mass is 10.4. The highest BCUT2D eigenvalue weighted by atomic mass is 16.2. The van der Waals surface area contributed by atoms with E-state index >= 15 is 0 Å². The van der Waals surface area contributed by atoms with Crippen molar-refractivity contribution in [1.82, 2.24) is 0 Å². The van der Waals surface area contributed by atoms with Crippen LogP contribution in [0.1, 0.15) is 0 Å². The second kappa shape index (κ2) is 4.96. The molecule has 0 atom stereocenters. The van der Waals surface area contributed by atoms with Gasteiger partial charge < -0.3 is 0 Å². The molecule has 0 saturated heterocycles. The number of rotatable bonds is 0. The molecule has 1 aromatic rings. The standard InChI is InChI=1S/C6H6.C3H2N2O/c1-2-4-6-5-3-1;6-3-4-1-2-5-3/h1-6H;1-2H. The maximum Gasteiger partial charge on any atom is 0.367 e. The van der Waals surface area contributed by atoms with Gasteiger partial charge in [-0.3, -0.25) is 0 Å². The summed E-state index contributed by atoms with van der Waals surface area (Å²) in [7, 11) is 0. The summed E-state index contributed by atoms with van der Waals surface area (Å²) < 4.78 is 0. The molecule has 3 nitrogen and oxygen atoms in total. The third-order valence-corrected chi connectivity index (χ3v) is 1.10. The van der Waals surface area contributed by atoms with Gasteiger partial charge >= 0.3 is 6.03 Å². The van der Waals surface area contributed by atoms with E-state index in [4.69, 9.17) is 0 Å². The molecule has 1 aliphatic rings. The highest BCUT2D eigenvalue weighted by Crippen LogP contribution is 1.81.